The number of esters is 2. The van der Waals surface area contributed by atoms with Crippen LogP contribution in [0, 0.1) is 0 Å². The van der Waals surface area contributed by atoms with Crippen LogP contribution in [0.4, 0.5) is 0 Å². The van der Waals surface area contributed by atoms with E-state index in [2.05, 4.69) is 19.6 Å². The molecule has 0 N–H and O–H groups in total. The average molecular weight is 535 g/mol. The maximum absolute atomic E-state index is 12.1. The molecule has 0 aliphatic carbocycles. The van der Waals surface area contributed by atoms with Crippen molar-refractivity contribution in [1.29, 1.82) is 0 Å². The Morgan fingerprint density at radius 3 is 1.60 bits per heavy atom. The van der Waals surface area contributed by atoms with Crippen LogP contribution < -0.4 is 0 Å². The minimum atomic E-state index is -0.728. The second-order valence-electron chi connectivity index (χ2n) is 9.40. The molecular formula is C27H51O6PS. The van der Waals surface area contributed by atoms with Crippen LogP contribution in [-0.2, 0) is 28.2 Å². The molecule has 0 fully saturated rings. The number of hydrogen-bond acceptors (Lipinski definition) is 7. The number of thiol groups is 1. The van der Waals surface area contributed by atoms with Gasteiger partial charge in [-0.2, -0.15) is 12.6 Å². The van der Waals surface area contributed by atoms with Crippen LogP contribution in [0.2, 0.25) is 0 Å². The van der Waals surface area contributed by atoms with Gasteiger partial charge in [-0.3, -0.25) is 14.1 Å². The van der Waals surface area contributed by atoms with Crippen molar-refractivity contribution < 1.29 is 28.2 Å². The van der Waals surface area contributed by atoms with Crippen molar-refractivity contribution in [2.45, 2.75) is 141 Å². The third-order valence-electron chi connectivity index (χ3n) is 6.06. The van der Waals surface area contributed by atoms with Gasteiger partial charge in [0.1, 0.15) is 13.2 Å². The summed E-state index contributed by atoms with van der Waals surface area (Å²) in [4.78, 5) is 24.2. The zero-order valence-electron chi connectivity index (χ0n) is 22.2. The number of ether oxygens (including phenoxy) is 2. The Bertz CT molecular complexity index is 506. The first-order valence-electron chi connectivity index (χ1n) is 14.0. The fourth-order valence-electron chi connectivity index (χ4n) is 3.93. The molecule has 0 unspecified atom stereocenters. The van der Waals surface area contributed by atoms with E-state index in [1.54, 1.807) is 0 Å². The maximum Gasteiger partial charge on any atom is 0.327 e. The molecule has 1 atom stereocenters. The maximum atomic E-state index is 12.1. The third-order valence-corrected chi connectivity index (χ3v) is 6.64. The number of carbonyl (C=O) groups is 2. The number of unbranched alkanes of at least 4 members (excludes halogenated alkanes) is 16. The van der Waals surface area contributed by atoms with E-state index in [0.29, 0.717) is 12.8 Å². The molecule has 0 aliphatic rings. The first-order valence-corrected chi connectivity index (χ1v) is 15.4. The normalized spacial score (nSPS) is 12.1. The molecule has 0 rings (SSSR count). The van der Waals surface area contributed by atoms with Crippen molar-refractivity contribution >= 4 is 33.3 Å². The molecule has 8 heteroatoms. The van der Waals surface area contributed by atoms with E-state index in [1.807, 2.05) is 0 Å². The van der Waals surface area contributed by atoms with Crippen LogP contribution in [0.15, 0.2) is 0 Å². The van der Waals surface area contributed by atoms with Gasteiger partial charge >= 0.3 is 20.6 Å². The Kier molecular flexibility index (Phi) is 27.4. The van der Waals surface area contributed by atoms with E-state index in [9.17, 15) is 14.2 Å². The molecule has 6 nitrogen and oxygen atoms in total. The van der Waals surface area contributed by atoms with Crippen LogP contribution in [0.1, 0.15) is 135 Å². The lowest BCUT2D eigenvalue weighted by molar-refractivity contribution is -0.160. The summed E-state index contributed by atoms with van der Waals surface area (Å²) in [5.41, 5.74) is 0. The van der Waals surface area contributed by atoms with Crippen molar-refractivity contribution in [3.05, 3.63) is 0 Å². The van der Waals surface area contributed by atoms with E-state index in [4.69, 9.17) is 14.0 Å². The highest BCUT2D eigenvalue weighted by Crippen LogP contribution is 2.13. The van der Waals surface area contributed by atoms with E-state index in [1.165, 1.54) is 77.0 Å². The summed E-state index contributed by atoms with van der Waals surface area (Å²) in [6, 6.07) is 0. The van der Waals surface area contributed by atoms with E-state index >= 15 is 0 Å². The van der Waals surface area contributed by atoms with Gasteiger partial charge in [0.25, 0.3) is 0 Å². The average Bonchev–Trinajstić information content (AvgIpc) is 2.85. The Labute approximate surface area is 221 Å². The summed E-state index contributed by atoms with van der Waals surface area (Å²) in [6.45, 7) is 2.10. The van der Waals surface area contributed by atoms with Crippen molar-refractivity contribution in [3.63, 3.8) is 0 Å². The fraction of sp³-hybridized carbons (Fsp3) is 0.926. The molecule has 0 aromatic rings. The third kappa shape index (κ3) is 26.2. The summed E-state index contributed by atoms with van der Waals surface area (Å²) < 4.78 is 26.1. The fourth-order valence-corrected chi connectivity index (χ4v) is 4.38. The van der Waals surface area contributed by atoms with Crippen molar-refractivity contribution in [2.24, 2.45) is 0 Å². The molecule has 0 radical (unpaired) electrons. The highest BCUT2D eigenvalue weighted by atomic mass is 32.1. The molecule has 0 bridgehead atoms. The van der Waals surface area contributed by atoms with E-state index < -0.39 is 14.8 Å². The van der Waals surface area contributed by atoms with Gasteiger partial charge in [-0.05, 0) is 25.0 Å². The SMILES string of the molecule is CCCCCCCCCCCCC(=O)O[C@@H](COP=O)COC(=O)CCCCCCCCCCS. The number of rotatable bonds is 27. The van der Waals surface area contributed by atoms with E-state index in [0.717, 1.165) is 44.3 Å². The molecule has 206 valence electrons. The predicted molar refractivity (Wildman–Crippen MR) is 146 cm³/mol. The zero-order valence-corrected chi connectivity index (χ0v) is 24.0. The topological polar surface area (TPSA) is 78.9 Å². The lowest BCUT2D eigenvalue weighted by atomic mass is 10.1. The molecule has 0 aliphatic heterocycles. The standard InChI is InChI=1S/C27H51O6PS/c1-2-3-4-5-6-7-8-12-15-18-21-27(29)33-25(24-32-34-30)23-31-26(28)20-17-14-11-9-10-13-16-19-22-35/h25,35H,2-24H2,1H3/t25-/m1/s1. The van der Waals surface area contributed by atoms with Crippen molar-refractivity contribution in [1.82, 2.24) is 0 Å². The lowest BCUT2D eigenvalue weighted by Crippen LogP contribution is -2.28. The highest BCUT2D eigenvalue weighted by Gasteiger charge is 2.17. The van der Waals surface area contributed by atoms with Gasteiger partial charge in [0.2, 0.25) is 0 Å². The summed E-state index contributed by atoms with van der Waals surface area (Å²) >= 11 is 4.22. The monoisotopic (exact) mass is 534 g/mol. The molecule has 35 heavy (non-hydrogen) atoms. The molecule has 0 aromatic heterocycles. The molecule has 0 saturated heterocycles. The van der Waals surface area contributed by atoms with Crippen molar-refractivity contribution in [2.75, 3.05) is 19.0 Å². The van der Waals surface area contributed by atoms with Crippen LogP contribution in [0.5, 0.6) is 0 Å². The van der Waals surface area contributed by atoms with Crippen LogP contribution in [-0.4, -0.2) is 37.0 Å². The summed E-state index contributed by atoms with van der Waals surface area (Å²) in [5.74, 6) is 0.338. The zero-order chi connectivity index (χ0) is 25.8. The predicted octanol–water partition coefficient (Wildman–Crippen LogP) is 8.42. The van der Waals surface area contributed by atoms with Gasteiger partial charge in [-0.15, -0.1) is 0 Å². The van der Waals surface area contributed by atoms with Crippen molar-refractivity contribution in [3.8, 4) is 0 Å². The summed E-state index contributed by atoms with van der Waals surface area (Å²) in [6.07, 6.45) is 21.0. The number of hydrogen-bond donors (Lipinski definition) is 1. The Morgan fingerprint density at radius 1 is 0.657 bits per heavy atom. The van der Waals surface area contributed by atoms with Gasteiger partial charge in [0.05, 0.1) is 0 Å². The van der Waals surface area contributed by atoms with Crippen LogP contribution >= 0.6 is 21.3 Å². The largest absolute Gasteiger partial charge is 0.462 e. The number of carbonyl (C=O) groups excluding carboxylic acids is 2. The smallest absolute Gasteiger partial charge is 0.327 e. The second-order valence-corrected chi connectivity index (χ2v) is 10.3. The molecular weight excluding hydrogens is 483 g/mol. The molecule has 0 saturated carbocycles. The Balaban J connectivity index is 3.84. The first-order chi connectivity index (χ1) is 17.1. The van der Waals surface area contributed by atoms with E-state index in [-0.39, 0.29) is 25.2 Å². The molecule has 0 heterocycles. The quantitative estimate of drug-likeness (QED) is 0.0493. The van der Waals surface area contributed by atoms with Gasteiger partial charge in [-0.25, -0.2) is 4.57 Å². The Hall–Kier alpha value is -0.650. The van der Waals surface area contributed by atoms with Crippen LogP contribution in [0.3, 0.4) is 0 Å². The van der Waals surface area contributed by atoms with Gasteiger partial charge < -0.3 is 9.47 Å². The lowest BCUT2D eigenvalue weighted by Gasteiger charge is -2.16. The summed E-state index contributed by atoms with van der Waals surface area (Å²) in [5, 5.41) is 0. The molecule has 0 aromatic carbocycles. The van der Waals surface area contributed by atoms with Gasteiger partial charge in [0.15, 0.2) is 6.10 Å². The summed E-state index contributed by atoms with van der Waals surface area (Å²) in [7, 11) is -0.486. The first kappa shape index (κ1) is 34.4. The molecule has 0 spiro atoms. The highest BCUT2D eigenvalue weighted by molar-refractivity contribution is 7.80. The van der Waals surface area contributed by atoms with Gasteiger partial charge in [0, 0.05) is 12.8 Å². The minimum Gasteiger partial charge on any atom is -0.462 e. The Morgan fingerprint density at radius 2 is 1.11 bits per heavy atom. The second kappa shape index (κ2) is 27.9. The van der Waals surface area contributed by atoms with Crippen LogP contribution in [0.25, 0.3) is 0 Å². The van der Waals surface area contributed by atoms with Gasteiger partial charge in [-0.1, -0.05) is 103 Å². The molecule has 0 amide bonds. The minimum absolute atomic E-state index is 0.0602.